The fraction of sp³-hybridized carbons (Fsp3) is 0.188. The summed E-state index contributed by atoms with van der Waals surface area (Å²) in [5.41, 5.74) is 1.66. The van der Waals surface area contributed by atoms with E-state index in [1.807, 2.05) is 6.92 Å². The van der Waals surface area contributed by atoms with Crippen LogP contribution in [0.1, 0.15) is 34.5 Å². The number of amides is 1. The molecule has 0 aliphatic carbocycles. The van der Waals surface area contributed by atoms with Crippen LogP contribution in [0.5, 0.6) is 5.75 Å². The molecule has 21 heavy (non-hydrogen) atoms. The van der Waals surface area contributed by atoms with Crippen LogP contribution < -0.4 is 5.32 Å². The first-order valence-corrected chi connectivity index (χ1v) is 7.20. The Bertz CT molecular complexity index is 686. The number of carbonyl (C=O) groups excluding carboxylic acids is 1. The molecule has 2 N–H and O–H groups in total. The van der Waals surface area contributed by atoms with Crippen LogP contribution in [-0.4, -0.2) is 11.0 Å². The summed E-state index contributed by atoms with van der Waals surface area (Å²) in [5, 5.41) is 13.8. The van der Waals surface area contributed by atoms with E-state index in [1.54, 1.807) is 43.3 Å². The fourth-order valence-electron chi connectivity index (χ4n) is 2.05. The van der Waals surface area contributed by atoms with E-state index in [9.17, 15) is 9.90 Å². The highest BCUT2D eigenvalue weighted by molar-refractivity contribution is 6.35. The summed E-state index contributed by atoms with van der Waals surface area (Å²) in [6.45, 7) is 3.56. The van der Waals surface area contributed by atoms with Crippen molar-refractivity contribution in [2.24, 2.45) is 0 Å². The summed E-state index contributed by atoms with van der Waals surface area (Å²) in [5.74, 6) is -0.362. The Morgan fingerprint density at radius 3 is 2.62 bits per heavy atom. The van der Waals surface area contributed by atoms with Crippen LogP contribution in [0, 0.1) is 6.92 Å². The lowest BCUT2D eigenvalue weighted by molar-refractivity contribution is 0.0937. The van der Waals surface area contributed by atoms with Crippen molar-refractivity contribution in [3.05, 3.63) is 63.1 Å². The molecule has 2 aromatic carbocycles. The minimum Gasteiger partial charge on any atom is -0.507 e. The maximum atomic E-state index is 12.2. The molecule has 3 nitrogen and oxygen atoms in total. The SMILES string of the molecule is Cc1cccc(C(=O)NC(C)c2ccc(Cl)cc2Cl)c1O. The topological polar surface area (TPSA) is 49.3 Å². The first-order valence-electron chi connectivity index (χ1n) is 6.44. The van der Waals surface area contributed by atoms with Gasteiger partial charge < -0.3 is 10.4 Å². The number of nitrogens with one attached hydrogen (secondary N) is 1. The van der Waals surface area contributed by atoms with E-state index >= 15 is 0 Å². The van der Waals surface area contributed by atoms with Crippen molar-refractivity contribution >= 4 is 29.1 Å². The van der Waals surface area contributed by atoms with E-state index in [0.717, 1.165) is 5.56 Å². The average Bonchev–Trinajstić information content (AvgIpc) is 2.41. The van der Waals surface area contributed by atoms with E-state index < -0.39 is 0 Å². The number of halogens is 2. The number of aryl methyl sites for hydroxylation is 1. The second-order valence-electron chi connectivity index (χ2n) is 4.83. The van der Waals surface area contributed by atoms with Crippen LogP contribution >= 0.6 is 23.2 Å². The molecule has 1 amide bonds. The molecule has 0 aliphatic heterocycles. The van der Waals surface area contributed by atoms with Gasteiger partial charge in [0.05, 0.1) is 11.6 Å². The average molecular weight is 324 g/mol. The Labute approximate surface area is 133 Å². The van der Waals surface area contributed by atoms with Gasteiger partial charge in [-0.05, 0) is 43.2 Å². The molecule has 0 aromatic heterocycles. The lowest BCUT2D eigenvalue weighted by atomic mass is 10.1. The Morgan fingerprint density at radius 2 is 1.95 bits per heavy atom. The van der Waals surface area contributed by atoms with Gasteiger partial charge in [-0.25, -0.2) is 0 Å². The van der Waals surface area contributed by atoms with Gasteiger partial charge in [-0.2, -0.15) is 0 Å². The molecule has 1 atom stereocenters. The van der Waals surface area contributed by atoms with E-state index in [2.05, 4.69) is 5.32 Å². The number of phenolic OH excluding ortho intramolecular Hbond substituents is 1. The molecular weight excluding hydrogens is 309 g/mol. The molecular formula is C16H15Cl2NO2. The van der Waals surface area contributed by atoms with Crippen LogP contribution in [0.3, 0.4) is 0 Å². The molecule has 2 rings (SSSR count). The smallest absolute Gasteiger partial charge is 0.255 e. The number of hydrogen-bond acceptors (Lipinski definition) is 2. The minimum atomic E-state index is -0.352. The second-order valence-corrected chi connectivity index (χ2v) is 5.68. The third-order valence-electron chi connectivity index (χ3n) is 3.26. The molecule has 0 radical (unpaired) electrons. The normalized spacial score (nSPS) is 12.0. The van der Waals surface area contributed by atoms with Gasteiger partial charge >= 0.3 is 0 Å². The second kappa shape index (κ2) is 6.37. The minimum absolute atomic E-state index is 0.00981. The largest absolute Gasteiger partial charge is 0.507 e. The van der Waals surface area contributed by atoms with Gasteiger partial charge in [-0.3, -0.25) is 4.79 Å². The monoisotopic (exact) mass is 323 g/mol. The zero-order valence-corrected chi connectivity index (χ0v) is 13.2. The van der Waals surface area contributed by atoms with Crippen molar-refractivity contribution in [1.29, 1.82) is 0 Å². The van der Waals surface area contributed by atoms with Gasteiger partial charge in [0.15, 0.2) is 0 Å². The van der Waals surface area contributed by atoms with Crippen LogP contribution in [0.15, 0.2) is 36.4 Å². The molecule has 5 heteroatoms. The number of carbonyl (C=O) groups is 1. The molecule has 0 saturated heterocycles. The molecule has 110 valence electrons. The number of rotatable bonds is 3. The molecule has 1 unspecified atom stereocenters. The number of para-hydroxylation sites is 1. The van der Waals surface area contributed by atoms with E-state index in [-0.39, 0.29) is 23.3 Å². The van der Waals surface area contributed by atoms with Gasteiger partial charge in [0.1, 0.15) is 5.75 Å². The quantitative estimate of drug-likeness (QED) is 0.873. The van der Waals surface area contributed by atoms with Crippen molar-refractivity contribution < 1.29 is 9.90 Å². The number of phenols is 1. The summed E-state index contributed by atoms with van der Waals surface area (Å²) < 4.78 is 0. The van der Waals surface area contributed by atoms with Gasteiger partial charge in [-0.15, -0.1) is 0 Å². The standard InChI is InChI=1S/C16H15Cl2NO2/c1-9-4-3-5-13(15(9)20)16(21)19-10(2)12-7-6-11(17)8-14(12)18/h3-8,10,20H,1-2H3,(H,19,21). The summed E-state index contributed by atoms with van der Waals surface area (Å²) in [7, 11) is 0. The van der Waals surface area contributed by atoms with Crippen molar-refractivity contribution in [3.63, 3.8) is 0 Å². The van der Waals surface area contributed by atoms with E-state index in [4.69, 9.17) is 23.2 Å². The molecule has 0 aliphatic rings. The van der Waals surface area contributed by atoms with Crippen molar-refractivity contribution in [3.8, 4) is 5.75 Å². The summed E-state index contributed by atoms with van der Waals surface area (Å²) >= 11 is 12.0. The Balaban J connectivity index is 2.21. The van der Waals surface area contributed by atoms with E-state index in [0.29, 0.717) is 15.6 Å². The number of hydrogen-bond donors (Lipinski definition) is 2. The first kappa shape index (κ1) is 15.7. The van der Waals surface area contributed by atoms with Gasteiger partial charge in [-0.1, -0.05) is 41.4 Å². The molecule has 0 spiro atoms. The van der Waals surface area contributed by atoms with Gasteiger partial charge in [0.2, 0.25) is 0 Å². The third kappa shape index (κ3) is 3.49. The maximum Gasteiger partial charge on any atom is 0.255 e. The first-order chi connectivity index (χ1) is 9.90. The van der Waals surface area contributed by atoms with Crippen LogP contribution in [0.2, 0.25) is 10.0 Å². The Morgan fingerprint density at radius 1 is 1.24 bits per heavy atom. The highest BCUT2D eigenvalue weighted by atomic mass is 35.5. The maximum absolute atomic E-state index is 12.2. The molecule has 0 heterocycles. The summed E-state index contributed by atoms with van der Waals surface area (Å²) in [6.07, 6.45) is 0. The third-order valence-corrected chi connectivity index (χ3v) is 3.82. The van der Waals surface area contributed by atoms with E-state index in [1.165, 1.54) is 0 Å². The highest BCUT2D eigenvalue weighted by Gasteiger charge is 2.17. The van der Waals surface area contributed by atoms with Crippen molar-refractivity contribution in [2.75, 3.05) is 0 Å². The lowest BCUT2D eigenvalue weighted by Crippen LogP contribution is -2.27. The molecule has 0 bridgehead atoms. The number of aromatic hydroxyl groups is 1. The summed E-state index contributed by atoms with van der Waals surface area (Å²) in [6, 6.07) is 9.86. The zero-order valence-electron chi connectivity index (χ0n) is 11.7. The molecule has 0 fully saturated rings. The van der Waals surface area contributed by atoms with Gasteiger partial charge in [0, 0.05) is 10.0 Å². The lowest BCUT2D eigenvalue weighted by Gasteiger charge is -2.16. The van der Waals surface area contributed by atoms with Crippen LogP contribution in [0.4, 0.5) is 0 Å². The van der Waals surface area contributed by atoms with Crippen LogP contribution in [-0.2, 0) is 0 Å². The van der Waals surface area contributed by atoms with Crippen LogP contribution in [0.25, 0.3) is 0 Å². The molecule has 0 saturated carbocycles. The van der Waals surface area contributed by atoms with Crippen molar-refractivity contribution in [2.45, 2.75) is 19.9 Å². The van der Waals surface area contributed by atoms with Crippen molar-refractivity contribution in [1.82, 2.24) is 5.32 Å². The summed E-state index contributed by atoms with van der Waals surface area (Å²) in [4.78, 5) is 12.2. The zero-order chi connectivity index (χ0) is 15.6. The highest BCUT2D eigenvalue weighted by Crippen LogP contribution is 2.27. The number of benzene rings is 2. The predicted molar refractivity (Wildman–Crippen MR) is 85.2 cm³/mol. The molecule has 2 aromatic rings. The Hall–Kier alpha value is -1.71. The fourth-order valence-corrected chi connectivity index (χ4v) is 2.62. The predicted octanol–water partition coefficient (Wildman–Crippen LogP) is 4.50. The Kier molecular flexibility index (Phi) is 4.76. The van der Waals surface area contributed by atoms with Gasteiger partial charge in [0.25, 0.3) is 5.91 Å².